The zero-order valence-electron chi connectivity index (χ0n) is 21.9. The molecule has 0 saturated carbocycles. The number of nitrogens with zero attached hydrogens (tertiary/aromatic N) is 3. The number of ether oxygens (including phenoxy) is 3. The van der Waals surface area contributed by atoms with E-state index in [-0.39, 0.29) is 49.1 Å². The Labute approximate surface area is 217 Å². The van der Waals surface area contributed by atoms with Crippen LogP contribution in [0.3, 0.4) is 0 Å². The number of aromatic nitrogens is 1. The molecular formula is C27H34N4O6. The molecule has 1 aromatic carbocycles. The summed E-state index contributed by atoms with van der Waals surface area (Å²) in [5.41, 5.74) is 1.43. The van der Waals surface area contributed by atoms with Crippen molar-refractivity contribution in [3.05, 3.63) is 47.7 Å². The van der Waals surface area contributed by atoms with Crippen LogP contribution < -0.4 is 14.8 Å². The van der Waals surface area contributed by atoms with Crippen molar-refractivity contribution in [3.63, 3.8) is 0 Å². The molecule has 2 N–H and O–H groups in total. The maximum Gasteiger partial charge on any atom is 0.321 e. The number of methoxy groups -OCH3 is 2. The van der Waals surface area contributed by atoms with Crippen LogP contribution >= 0.6 is 0 Å². The third kappa shape index (κ3) is 7.12. The summed E-state index contributed by atoms with van der Waals surface area (Å²) in [6.45, 7) is 4.36. The number of amides is 3. The SMILES string of the molecule is COCC#Cc1cnc2c(c1)C(=O)N([C@@H](C)CO)C[C@H](C)[C@@H](CN(C)C(=O)Nc1ccc(OC)cc1)O2. The van der Waals surface area contributed by atoms with E-state index in [1.807, 2.05) is 6.92 Å². The maximum atomic E-state index is 13.4. The minimum Gasteiger partial charge on any atom is -0.497 e. The predicted molar refractivity (Wildman–Crippen MR) is 139 cm³/mol. The molecule has 0 radical (unpaired) electrons. The van der Waals surface area contributed by atoms with E-state index in [9.17, 15) is 14.7 Å². The first-order chi connectivity index (χ1) is 17.8. The summed E-state index contributed by atoms with van der Waals surface area (Å²) in [5, 5.41) is 12.7. The molecule has 198 valence electrons. The molecule has 0 unspecified atom stereocenters. The summed E-state index contributed by atoms with van der Waals surface area (Å²) in [5.74, 6) is 6.18. The van der Waals surface area contributed by atoms with E-state index in [1.54, 1.807) is 63.4 Å². The number of rotatable bonds is 7. The van der Waals surface area contributed by atoms with Crippen molar-refractivity contribution in [3.8, 4) is 23.5 Å². The zero-order chi connectivity index (χ0) is 26.9. The molecule has 0 bridgehead atoms. The second-order valence-corrected chi connectivity index (χ2v) is 8.97. The minimum atomic E-state index is -0.468. The Morgan fingerprint density at radius 3 is 2.73 bits per heavy atom. The standard InChI is InChI=1S/C27H34N4O6/c1-18-15-31(19(2)17-32)26(33)23-13-20(7-6-12-35-4)14-28-25(23)37-24(18)16-30(3)27(34)29-21-8-10-22(36-5)11-9-21/h8-11,13-14,18-19,24,32H,12,15-17H2,1-5H3,(H,29,34)/t18-,19-,24+/m0/s1. The van der Waals surface area contributed by atoms with E-state index in [4.69, 9.17) is 14.2 Å². The van der Waals surface area contributed by atoms with Gasteiger partial charge in [-0.3, -0.25) is 4.79 Å². The number of urea groups is 1. The number of aliphatic hydroxyl groups is 1. The number of pyridine rings is 1. The van der Waals surface area contributed by atoms with Gasteiger partial charge in [-0.1, -0.05) is 18.8 Å². The monoisotopic (exact) mass is 510 g/mol. The van der Waals surface area contributed by atoms with Crippen LogP contribution in [0.15, 0.2) is 36.5 Å². The highest BCUT2D eigenvalue weighted by molar-refractivity contribution is 5.97. The molecule has 10 heteroatoms. The van der Waals surface area contributed by atoms with Gasteiger partial charge in [0.05, 0.1) is 26.3 Å². The number of benzene rings is 1. The van der Waals surface area contributed by atoms with Crippen molar-refractivity contribution in [1.82, 2.24) is 14.8 Å². The Bertz CT molecular complexity index is 1140. The molecule has 0 fully saturated rings. The van der Waals surface area contributed by atoms with Gasteiger partial charge >= 0.3 is 6.03 Å². The fourth-order valence-electron chi connectivity index (χ4n) is 3.84. The average molecular weight is 511 g/mol. The molecule has 37 heavy (non-hydrogen) atoms. The summed E-state index contributed by atoms with van der Waals surface area (Å²) in [6, 6.07) is 7.95. The van der Waals surface area contributed by atoms with Crippen molar-refractivity contribution < 1.29 is 28.9 Å². The molecular weight excluding hydrogens is 476 g/mol. The highest BCUT2D eigenvalue weighted by Crippen LogP contribution is 2.27. The van der Waals surface area contributed by atoms with Gasteiger partial charge in [0, 0.05) is 44.1 Å². The number of hydrogen-bond acceptors (Lipinski definition) is 7. The van der Waals surface area contributed by atoms with Gasteiger partial charge in [-0.05, 0) is 37.3 Å². The molecule has 3 rings (SSSR count). The molecule has 2 aromatic rings. The molecule has 3 atom stereocenters. The second kappa shape index (κ2) is 12.9. The predicted octanol–water partition coefficient (Wildman–Crippen LogP) is 2.47. The van der Waals surface area contributed by atoms with E-state index in [0.717, 1.165) is 0 Å². The summed E-state index contributed by atoms with van der Waals surface area (Å²) in [7, 11) is 4.81. The molecule has 0 saturated heterocycles. The molecule has 10 nitrogen and oxygen atoms in total. The Morgan fingerprint density at radius 1 is 1.35 bits per heavy atom. The first kappa shape index (κ1) is 27.8. The Hall–Kier alpha value is -3.81. The number of carbonyl (C=O) groups is 2. The van der Waals surface area contributed by atoms with Crippen LogP contribution in [-0.2, 0) is 4.74 Å². The summed E-state index contributed by atoms with van der Waals surface area (Å²) < 4.78 is 16.3. The van der Waals surface area contributed by atoms with Gasteiger partial charge < -0.3 is 34.4 Å². The Kier molecular flexibility index (Phi) is 9.71. The maximum absolute atomic E-state index is 13.4. The summed E-state index contributed by atoms with van der Waals surface area (Å²) in [4.78, 5) is 33.8. The van der Waals surface area contributed by atoms with Crippen LogP contribution in [0.25, 0.3) is 0 Å². The van der Waals surface area contributed by atoms with E-state index in [2.05, 4.69) is 22.1 Å². The lowest BCUT2D eigenvalue weighted by atomic mass is 10.00. The fourth-order valence-corrected chi connectivity index (χ4v) is 3.84. The van der Waals surface area contributed by atoms with Gasteiger partial charge in [0.25, 0.3) is 5.91 Å². The first-order valence-electron chi connectivity index (χ1n) is 12.0. The lowest BCUT2D eigenvalue weighted by Gasteiger charge is -2.37. The van der Waals surface area contributed by atoms with Gasteiger partial charge in [0.2, 0.25) is 5.88 Å². The van der Waals surface area contributed by atoms with Crippen molar-refractivity contribution >= 4 is 17.6 Å². The smallest absolute Gasteiger partial charge is 0.321 e. The van der Waals surface area contributed by atoms with Crippen LogP contribution in [0.1, 0.15) is 29.8 Å². The summed E-state index contributed by atoms with van der Waals surface area (Å²) in [6.07, 6.45) is 1.07. The third-order valence-corrected chi connectivity index (χ3v) is 6.11. The molecule has 1 aliphatic heterocycles. The molecule has 0 aliphatic carbocycles. The van der Waals surface area contributed by atoms with Gasteiger partial charge in [-0.15, -0.1) is 0 Å². The number of nitrogens with one attached hydrogen (secondary N) is 1. The lowest BCUT2D eigenvalue weighted by molar-refractivity contribution is 0.0356. The number of likely N-dealkylation sites (N-methyl/N-ethyl adjacent to an activating group) is 1. The molecule has 3 amide bonds. The molecule has 0 spiro atoms. The van der Waals surface area contributed by atoms with Crippen LogP contribution in [0, 0.1) is 17.8 Å². The largest absolute Gasteiger partial charge is 0.497 e. The lowest BCUT2D eigenvalue weighted by Crippen LogP contribution is -2.50. The zero-order valence-corrected chi connectivity index (χ0v) is 21.9. The van der Waals surface area contributed by atoms with Crippen molar-refractivity contribution in [2.75, 3.05) is 52.9 Å². The normalized spacial score (nSPS) is 17.8. The molecule has 1 aromatic heterocycles. The number of fused-ring (bicyclic) bond motifs is 1. The number of anilines is 1. The topological polar surface area (TPSA) is 113 Å². The van der Waals surface area contributed by atoms with Crippen molar-refractivity contribution in [2.24, 2.45) is 5.92 Å². The van der Waals surface area contributed by atoms with Crippen LogP contribution in [-0.4, -0.2) is 91.5 Å². The Balaban J connectivity index is 1.84. The highest BCUT2D eigenvalue weighted by Gasteiger charge is 2.34. The number of hydrogen-bond donors (Lipinski definition) is 2. The van der Waals surface area contributed by atoms with Crippen molar-refractivity contribution in [2.45, 2.75) is 26.0 Å². The average Bonchev–Trinajstić information content (AvgIpc) is 2.90. The van der Waals surface area contributed by atoms with E-state index in [1.165, 1.54) is 11.1 Å². The van der Waals surface area contributed by atoms with Gasteiger partial charge in [-0.2, -0.15) is 0 Å². The molecule has 2 heterocycles. The quantitative estimate of drug-likeness (QED) is 0.550. The van der Waals surface area contributed by atoms with E-state index in [0.29, 0.717) is 23.5 Å². The fraction of sp³-hybridized carbons (Fsp3) is 0.444. The van der Waals surface area contributed by atoms with E-state index < -0.39 is 12.1 Å². The number of carbonyl (C=O) groups excluding carboxylic acids is 2. The summed E-state index contributed by atoms with van der Waals surface area (Å²) >= 11 is 0. The van der Waals surface area contributed by atoms with Gasteiger partial charge in [-0.25, -0.2) is 9.78 Å². The third-order valence-electron chi connectivity index (χ3n) is 6.11. The van der Waals surface area contributed by atoms with Crippen LogP contribution in [0.4, 0.5) is 10.5 Å². The molecule has 1 aliphatic rings. The van der Waals surface area contributed by atoms with Crippen LogP contribution in [0.2, 0.25) is 0 Å². The first-order valence-corrected chi connectivity index (χ1v) is 12.0. The number of aliphatic hydroxyl groups excluding tert-OH is 1. The minimum absolute atomic E-state index is 0.162. The Morgan fingerprint density at radius 2 is 2.08 bits per heavy atom. The van der Waals surface area contributed by atoms with Gasteiger partial charge in [0.1, 0.15) is 24.0 Å². The highest BCUT2D eigenvalue weighted by atomic mass is 16.5. The van der Waals surface area contributed by atoms with Gasteiger partial charge in [0.15, 0.2) is 0 Å². The van der Waals surface area contributed by atoms with Crippen LogP contribution in [0.5, 0.6) is 11.6 Å². The van der Waals surface area contributed by atoms with E-state index >= 15 is 0 Å². The second-order valence-electron chi connectivity index (χ2n) is 8.97. The van der Waals surface area contributed by atoms with Crippen molar-refractivity contribution in [1.29, 1.82) is 0 Å².